The molecule has 0 fully saturated rings. The highest BCUT2D eigenvalue weighted by Gasteiger charge is 2.42. The average Bonchev–Trinajstić information content (AvgIpc) is 2.97. The van der Waals surface area contributed by atoms with Gasteiger partial charge in [-0.2, -0.15) is 0 Å². The van der Waals surface area contributed by atoms with Crippen molar-refractivity contribution in [2.24, 2.45) is 11.1 Å². The Balaban J connectivity index is 1.75. The average molecular weight is 576 g/mol. The van der Waals surface area contributed by atoms with E-state index in [0.29, 0.717) is 23.6 Å². The minimum atomic E-state index is -0.775. The standard InChI is InChI=1S/C33H38ClN3O4/c1-21(26-12-8-9-13-27(26)34)36(19-22-14-16-23(17-15-22)32(40)41-5)30(38)28-18-24-10-6-7-11-25(24)20-37(28)31(39)29(35)33(2,3)4/h6-17,21,28-29H,18-20,35H2,1-5H3. The first-order chi connectivity index (χ1) is 19.4. The highest BCUT2D eigenvalue weighted by molar-refractivity contribution is 6.31. The van der Waals surface area contributed by atoms with E-state index in [2.05, 4.69) is 0 Å². The van der Waals surface area contributed by atoms with Crippen LogP contribution in [0.2, 0.25) is 5.02 Å². The number of ether oxygens (including phenoxy) is 1. The van der Waals surface area contributed by atoms with E-state index in [1.807, 2.05) is 70.2 Å². The van der Waals surface area contributed by atoms with Crippen molar-refractivity contribution in [3.05, 3.63) is 106 Å². The quantitative estimate of drug-likeness (QED) is 0.373. The summed E-state index contributed by atoms with van der Waals surface area (Å²) in [5.41, 5.74) is 10.1. The zero-order valence-electron chi connectivity index (χ0n) is 24.3. The largest absolute Gasteiger partial charge is 0.465 e. The Labute approximate surface area is 247 Å². The molecule has 0 spiro atoms. The van der Waals surface area contributed by atoms with Crippen LogP contribution >= 0.6 is 11.6 Å². The van der Waals surface area contributed by atoms with Gasteiger partial charge in [-0.05, 0) is 52.8 Å². The van der Waals surface area contributed by atoms with Gasteiger partial charge in [0, 0.05) is 24.5 Å². The van der Waals surface area contributed by atoms with Crippen LogP contribution in [-0.4, -0.2) is 46.8 Å². The third-order valence-electron chi connectivity index (χ3n) is 7.85. The van der Waals surface area contributed by atoms with Crippen LogP contribution in [0.3, 0.4) is 0 Å². The van der Waals surface area contributed by atoms with E-state index in [-0.39, 0.29) is 18.4 Å². The normalized spacial score (nSPS) is 16.4. The lowest BCUT2D eigenvalue weighted by Crippen LogP contribution is -2.59. The Bertz CT molecular complexity index is 1420. The fourth-order valence-electron chi connectivity index (χ4n) is 5.16. The fourth-order valence-corrected chi connectivity index (χ4v) is 5.46. The number of nitrogens with zero attached hydrogens (tertiary/aromatic N) is 2. The van der Waals surface area contributed by atoms with E-state index in [1.165, 1.54) is 7.11 Å². The van der Waals surface area contributed by atoms with Crippen LogP contribution in [-0.2, 0) is 33.8 Å². The molecule has 0 bridgehead atoms. The van der Waals surface area contributed by atoms with Gasteiger partial charge in [0.1, 0.15) is 6.04 Å². The highest BCUT2D eigenvalue weighted by Crippen LogP contribution is 2.33. The summed E-state index contributed by atoms with van der Waals surface area (Å²) >= 11 is 6.60. The second kappa shape index (κ2) is 12.5. The minimum absolute atomic E-state index is 0.196. The van der Waals surface area contributed by atoms with Gasteiger partial charge in [0.15, 0.2) is 0 Å². The van der Waals surface area contributed by atoms with E-state index in [0.717, 1.165) is 22.3 Å². The van der Waals surface area contributed by atoms with Gasteiger partial charge >= 0.3 is 5.97 Å². The molecule has 41 heavy (non-hydrogen) atoms. The SMILES string of the molecule is COC(=O)c1ccc(CN(C(=O)C2Cc3ccccc3CN2C(=O)C(N)C(C)(C)C)C(C)c2ccccc2Cl)cc1. The first kappa shape index (κ1) is 30.3. The number of amides is 2. The zero-order valence-corrected chi connectivity index (χ0v) is 25.0. The molecule has 216 valence electrons. The zero-order chi connectivity index (χ0) is 29.9. The maximum absolute atomic E-state index is 14.6. The highest BCUT2D eigenvalue weighted by atomic mass is 35.5. The van der Waals surface area contributed by atoms with Crippen molar-refractivity contribution in [1.82, 2.24) is 9.80 Å². The minimum Gasteiger partial charge on any atom is -0.465 e. The Hall–Kier alpha value is -3.68. The summed E-state index contributed by atoms with van der Waals surface area (Å²) in [7, 11) is 1.34. The van der Waals surface area contributed by atoms with Gasteiger partial charge in [-0.25, -0.2) is 4.79 Å². The van der Waals surface area contributed by atoms with Gasteiger partial charge in [0.05, 0.1) is 24.8 Å². The van der Waals surface area contributed by atoms with Crippen LogP contribution in [0.1, 0.15) is 66.3 Å². The Morgan fingerprint density at radius 3 is 2.22 bits per heavy atom. The lowest BCUT2D eigenvalue weighted by molar-refractivity contribution is -0.151. The second-order valence-corrected chi connectivity index (χ2v) is 12.1. The molecular weight excluding hydrogens is 538 g/mol. The van der Waals surface area contributed by atoms with Crippen LogP contribution in [0.4, 0.5) is 0 Å². The molecule has 3 atom stereocenters. The van der Waals surface area contributed by atoms with Gasteiger partial charge in [-0.3, -0.25) is 9.59 Å². The lowest BCUT2D eigenvalue weighted by atomic mass is 9.85. The van der Waals surface area contributed by atoms with Gasteiger partial charge in [0.2, 0.25) is 11.8 Å². The Morgan fingerprint density at radius 1 is 1.00 bits per heavy atom. The maximum atomic E-state index is 14.6. The lowest BCUT2D eigenvalue weighted by Gasteiger charge is -2.42. The molecule has 3 aromatic carbocycles. The molecule has 0 saturated carbocycles. The van der Waals surface area contributed by atoms with Crippen LogP contribution < -0.4 is 5.73 Å². The number of carbonyl (C=O) groups is 3. The molecular formula is C33H38ClN3O4. The Kier molecular flexibility index (Phi) is 9.20. The second-order valence-electron chi connectivity index (χ2n) is 11.7. The van der Waals surface area contributed by atoms with Crippen molar-refractivity contribution in [1.29, 1.82) is 0 Å². The molecule has 4 rings (SSSR count). The predicted octanol–water partition coefficient (Wildman–Crippen LogP) is 5.54. The summed E-state index contributed by atoms with van der Waals surface area (Å²) in [6.07, 6.45) is 0.380. The number of hydrogen-bond donors (Lipinski definition) is 1. The molecule has 3 unspecified atom stereocenters. The number of halogens is 1. The molecule has 2 N–H and O–H groups in total. The van der Waals surface area contributed by atoms with E-state index in [4.69, 9.17) is 22.1 Å². The first-order valence-electron chi connectivity index (χ1n) is 13.8. The molecule has 2 amide bonds. The molecule has 1 aliphatic heterocycles. The topological polar surface area (TPSA) is 92.9 Å². The summed E-state index contributed by atoms with van der Waals surface area (Å²) in [5, 5.41) is 0.551. The molecule has 0 aliphatic carbocycles. The van der Waals surface area contributed by atoms with Crippen molar-refractivity contribution in [3.8, 4) is 0 Å². The fraction of sp³-hybridized carbons (Fsp3) is 0.364. The van der Waals surface area contributed by atoms with E-state index >= 15 is 0 Å². The third kappa shape index (κ3) is 6.63. The molecule has 0 aromatic heterocycles. The molecule has 3 aromatic rings. The summed E-state index contributed by atoms with van der Waals surface area (Å²) in [6.45, 7) is 8.26. The van der Waals surface area contributed by atoms with Crippen LogP contribution in [0.25, 0.3) is 0 Å². The van der Waals surface area contributed by atoms with Crippen molar-refractivity contribution >= 4 is 29.4 Å². The van der Waals surface area contributed by atoms with Crippen LogP contribution in [0.5, 0.6) is 0 Å². The van der Waals surface area contributed by atoms with E-state index < -0.39 is 29.5 Å². The van der Waals surface area contributed by atoms with Crippen LogP contribution in [0.15, 0.2) is 72.8 Å². The predicted molar refractivity (Wildman–Crippen MR) is 160 cm³/mol. The summed E-state index contributed by atoms with van der Waals surface area (Å²) in [4.78, 5) is 43.8. The molecule has 1 heterocycles. The van der Waals surface area contributed by atoms with Gasteiger partial charge < -0.3 is 20.3 Å². The number of carbonyl (C=O) groups excluding carboxylic acids is 3. The molecule has 1 aliphatic rings. The summed E-state index contributed by atoms with van der Waals surface area (Å²) in [6, 6.07) is 20.4. The van der Waals surface area contributed by atoms with Gasteiger partial charge in [-0.1, -0.05) is 87.0 Å². The molecule has 0 radical (unpaired) electrons. The van der Waals surface area contributed by atoms with Crippen molar-refractivity contribution in [2.45, 2.75) is 65.3 Å². The van der Waals surface area contributed by atoms with E-state index in [1.54, 1.807) is 40.1 Å². The molecule has 7 nitrogen and oxygen atoms in total. The number of methoxy groups -OCH3 is 1. The van der Waals surface area contributed by atoms with Crippen molar-refractivity contribution in [3.63, 3.8) is 0 Å². The van der Waals surface area contributed by atoms with Crippen LogP contribution in [0, 0.1) is 5.41 Å². The number of fused-ring (bicyclic) bond motifs is 1. The third-order valence-corrected chi connectivity index (χ3v) is 8.19. The smallest absolute Gasteiger partial charge is 0.337 e. The maximum Gasteiger partial charge on any atom is 0.337 e. The number of esters is 1. The number of hydrogen-bond acceptors (Lipinski definition) is 5. The van der Waals surface area contributed by atoms with Crippen molar-refractivity contribution in [2.75, 3.05) is 7.11 Å². The molecule has 8 heteroatoms. The number of nitrogens with two attached hydrogens (primary N) is 1. The van der Waals surface area contributed by atoms with Gasteiger partial charge in [0.25, 0.3) is 0 Å². The first-order valence-corrected chi connectivity index (χ1v) is 14.1. The monoisotopic (exact) mass is 575 g/mol. The van der Waals surface area contributed by atoms with E-state index in [9.17, 15) is 14.4 Å². The summed E-state index contributed by atoms with van der Waals surface area (Å²) in [5.74, 6) is -0.879. The molecule has 0 saturated heterocycles. The summed E-state index contributed by atoms with van der Waals surface area (Å²) < 4.78 is 4.82. The van der Waals surface area contributed by atoms with Crippen molar-refractivity contribution < 1.29 is 19.1 Å². The number of benzene rings is 3. The Morgan fingerprint density at radius 2 is 1.61 bits per heavy atom. The number of rotatable bonds is 7. The van der Waals surface area contributed by atoms with Gasteiger partial charge in [-0.15, -0.1) is 0 Å².